The van der Waals surface area contributed by atoms with Crippen LogP contribution < -0.4 is 11.1 Å². The number of hydrogen-bond acceptors (Lipinski definition) is 3. The van der Waals surface area contributed by atoms with Crippen LogP contribution in [0, 0.1) is 18.6 Å². The number of halogens is 5. The average molecular weight is 500 g/mol. The van der Waals surface area contributed by atoms with Gasteiger partial charge in [0.05, 0.1) is 11.3 Å². The second-order valence-electron chi connectivity index (χ2n) is 8.15. The molecule has 0 saturated heterocycles. The van der Waals surface area contributed by atoms with Gasteiger partial charge in [-0.25, -0.2) is 8.78 Å². The minimum Gasteiger partial charge on any atom is -0.370 e. The van der Waals surface area contributed by atoms with Gasteiger partial charge in [-0.05, 0) is 61.0 Å². The third-order valence-electron chi connectivity index (χ3n) is 5.56. The fraction of sp³-hybridized carbons (Fsp3) is 0.179. The molecule has 0 aliphatic heterocycles. The Kier molecular flexibility index (Phi) is 8.42. The first kappa shape index (κ1) is 26.8. The smallest absolute Gasteiger partial charge is 0.370 e. The lowest BCUT2D eigenvalue weighted by atomic mass is 9.79. The van der Waals surface area contributed by atoms with Crippen LogP contribution >= 0.6 is 0 Å². The van der Waals surface area contributed by atoms with Crippen LogP contribution in [0.2, 0.25) is 0 Å². The third kappa shape index (κ3) is 6.26. The zero-order valence-corrected chi connectivity index (χ0v) is 19.8. The molecule has 4 rings (SSSR count). The van der Waals surface area contributed by atoms with E-state index in [4.69, 9.17) is 0 Å². The van der Waals surface area contributed by atoms with E-state index < -0.39 is 28.9 Å². The van der Waals surface area contributed by atoms with Gasteiger partial charge in [0.15, 0.2) is 0 Å². The van der Waals surface area contributed by atoms with Crippen LogP contribution in [-0.2, 0) is 18.1 Å². The first-order valence-corrected chi connectivity index (χ1v) is 11.1. The van der Waals surface area contributed by atoms with E-state index in [0.717, 1.165) is 41.5 Å². The fourth-order valence-corrected chi connectivity index (χ4v) is 3.98. The number of aryl methyl sites for hydroxylation is 1. The maximum atomic E-state index is 14.1. The van der Waals surface area contributed by atoms with E-state index in [0.29, 0.717) is 5.69 Å². The molecule has 1 atom stereocenters. The first-order valence-electron chi connectivity index (χ1n) is 11.1. The summed E-state index contributed by atoms with van der Waals surface area (Å²) in [4.78, 5) is 4.52. The molecule has 0 spiro atoms. The summed E-state index contributed by atoms with van der Waals surface area (Å²) in [7, 11) is 1.50. The van der Waals surface area contributed by atoms with Gasteiger partial charge < -0.3 is 11.1 Å². The lowest BCUT2D eigenvalue weighted by molar-refractivity contribution is -0.137. The molecule has 3 N–H and O–H groups in total. The van der Waals surface area contributed by atoms with Crippen molar-refractivity contribution in [2.75, 3.05) is 12.4 Å². The highest BCUT2D eigenvalue weighted by molar-refractivity contribution is 5.54. The van der Waals surface area contributed by atoms with Crippen LogP contribution in [0.15, 0.2) is 91.1 Å². The minimum absolute atomic E-state index is 0.0771. The lowest BCUT2D eigenvalue weighted by Crippen LogP contribution is -2.40. The van der Waals surface area contributed by atoms with Crippen molar-refractivity contribution in [3.05, 3.63) is 131 Å². The second-order valence-corrected chi connectivity index (χ2v) is 8.15. The maximum absolute atomic E-state index is 14.1. The van der Waals surface area contributed by atoms with Crippen LogP contribution in [0.3, 0.4) is 0 Å². The van der Waals surface area contributed by atoms with E-state index in [-0.39, 0.29) is 17.7 Å². The molecule has 8 heteroatoms. The number of aromatic nitrogens is 1. The highest BCUT2D eigenvalue weighted by Crippen LogP contribution is 2.39. The van der Waals surface area contributed by atoms with Crippen molar-refractivity contribution in [1.82, 2.24) is 4.98 Å². The molecule has 0 radical (unpaired) electrons. The van der Waals surface area contributed by atoms with E-state index in [1.165, 1.54) is 13.1 Å². The Morgan fingerprint density at radius 3 is 2.00 bits per heavy atom. The van der Waals surface area contributed by atoms with E-state index in [1.54, 1.807) is 24.4 Å². The van der Waals surface area contributed by atoms with Gasteiger partial charge in [0.1, 0.15) is 17.2 Å². The van der Waals surface area contributed by atoms with Gasteiger partial charge in [-0.3, -0.25) is 4.98 Å². The first-order chi connectivity index (χ1) is 17.2. The summed E-state index contributed by atoms with van der Waals surface area (Å²) in [6.45, 7) is 1.84. The minimum atomic E-state index is -4.57. The average Bonchev–Trinajstić information content (AvgIpc) is 2.85. The van der Waals surface area contributed by atoms with Crippen molar-refractivity contribution in [2.45, 2.75) is 25.1 Å². The van der Waals surface area contributed by atoms with Gasteiger partial charge in [-0.2, -0.15) is 13.2 Å². The molecule has 0 aliphatic carbocycles. The van der Waals surface area contributed by atoms with E-state index in [9.17, 15) is 22.0 Å². The molecule has 0 aliphatic rings. The molecular weight excluding hydrogens is 473 g/mol. The number of benzene rings is 3. The molecule has 0 bridgehead atoms. The summed E-state index contributed by atoms with van der Waals surface area (Å²) in [5.74, 6) is -1.62. The van der Waals surface area contributed by atoms with Crippen molar-refractivity contribution in [2.24, 2.45) is 5.73 Å². The topological polar surface area (TPSA) is 50.9 Å². The summed E-state index contributed by atoms with van der Waals surface area (Å²) >= 11 is 0. The Balaban J connectivity index is 0.00000176. The number of nitrogens with one attached hydrogen (secondary N) is 1. The van der Waals surface area contributed by atoms with E-state index in [1.807, 2.05) is 37.3 Å². The molecule has 3 aromatic carbocycles. The van der Waals surface area contributed by atoms with Crippen LogP contribution in [0.4, 0.5) is 27.6 Å². The third-order valence-corrected chi connectivity index (χ3v) is 5.56. The van der Waals surface area contributed by atoms with E-state index >= 15 is 0 Å². The Hall–Kier alpha value is -3.78. The van der Waals surface area contributed by atoms with Gasteiger partial charge in [0, 0.05) is 24.4 Å². The number of alkyl halides is 3. The van der Waals surface area contributed by atoms with Crippen molar-refractivity contribution < 1.29 is 22.0 Å². The predicted molar refractivity (Wildman–Crippen MR) is 131 cm³/mol. The fourth-order valence-electron chi connectivity index (χ4n) is 3.98. The quantitative estimate of drug-likeness (QED) is 0.285. The van der Waals surface area contributed by atoms with Crippen molar-refractivity contribution >= 4 is 5.69 Å². The highest BCUT2D eigenvalue weighted by Gasteiger charge is 2.39. The summed E-state index contributed by atoms with van der Waals surface area (Å²) in [5.41, 5.74) is 4.70. The number of nitrogens with two attached hydrogens (primary N) is 1. The number of hydrogen-bond donors (Lipinski definition) is 2. The molecule has 1 unspecified atom stereocenters. The zero-order chi connectivity index (χ0) is 26.3. The predicted octanol–water partition coefficient (Wildman–Crippen LogP) is 6.86. The van der Waals surface area contributed by atoms with Crippen molar-refractivity contribution in [1.29, 1.82) is 0 Å². The summed E-state index contributed by atoms with van der Waals surface area (Å²) < 4.78 is 69.0. The molecule has 0 saturated carbocycles. The number of pyridine rings is 1. The molecule has 0 fully saturated rings. The zero-order valence-electron chi connectivity index (χ0n) is 19.8. The van der Waals surface area contributed by atoms with Crippen molar-refractivity contribution in [3.63, 3.8) is 0 Å². The molecule has 3 nitrogen and oxygen atoms in total. The van der Waals surface area contributed by atoms with Gasteiger partial charge >= 0.3 is 6.18 Å². The standard InChI is InChI=1S/C27H21F5N2.CH5N/c1-18-10-11-25(33-17-18)26(16-19-6-3-2-4-7-19,34-24-14-22(28)13-23(29)15-24)20-8-5-9-21(12-20)27(30,31)32;1-2/h2-15,17,34H,16H2,1H3;2H2,1H3. The number of anilines is 1. The van der Waals surface area contributed by atoms with Crippen molar-refractivity contribution in [3.8, 4) is 0 Å². The summed E-state index contributed by atoms with van der Waals surface area (Å²) in [6.07, 6.45) is -2.79. The Bertz CT molecular complexity index is 1250. The lowest BCUT2D eigenvalue weighted by Gasteiger charge is -2.37. The van der Waals surface area contributed by atoms with E-state index in [2.05, 4.69) is 16.0 Å². The normalized spacial score (nSPS) is 12.8. The number of rotatable bonds is 6. The molecule has 1 aromatic heterocycles. The molecule has 0 amide bonds. The van der Waals surface area contributed by atoms with Crippen LogP contribution in [-0.4, -0.2) is 12.0 Å². The monoisotopic (exact) mass is 499 g/mol. The van der Waals surface area contributed by atoms with Crippen LogP contribution in [0.5, 0.6) is 0 Å². The molecule has 1 heterocycles. The van der Waals surface area contributed by atoms with Gasteiger partial charge in [-0.1, -0.05) is 48.5 Å². The molecular formula is C28H26F5N3. The Morgan fingerprint density at radius 1 is 0.778 bits per heavy atom. The molecule has 4 aromatic rings. The SMILES string of the molecule is CN.Cc1ccc(C(Cc2ccccc2)(Nc2cc(F)cc(F)c2)c2cccc(C(F)(F)F)c2)nc1. The molecule has 36 heavy (non-hydrogen) atoms. The highest BCUT2D eigenvalue weighted by atomic mass is 19.4. The number of nitrogens with zero attached hydrogens (tertiary/aromatic N) is 1. The largest absolute Gasteiger partial charge is 0.416 e. The Labute approximate surface area is 206 Å². The second kappa shape index (κ2) is 11.3. The Morgan fingerprint density at radius 2 is 1.42 bits per heavy atom. The summed E-state index contributed by atoms with van der Waals surface area (Å²) in [5, 5.41) is 3.14. The molecule has 188 valence electrons. The van der Waals surface area contributed by atoms with Crippen LogP contribution in [0.1, 0.15) is 27.9 Å². The maximum Gasteiger partial charge on any atom is 0.416 e. The van der Waals surface area contributed by atoms with Gasteiger partial charge in [-0.15, -0.1) is 0 Å². The summed E-state index contributed by atoms with van der Waals surface area (Å²) in [6, 6.07) is 20.5. The van der Waals surface area contributed by atoms with Crippen LogP contribution in [0.25, 0.3) is 0 Å². The van der Waals surface area contributed by atoms with Gasteiger partial charge in [0.2, 0.25) is 0 Å². The van der Waals surface area contributed by atoms with Gasteiger partial charge in [0.25, 0.3) is 0 Å².